The number of nitrogens with one attached hydrogen (secondary N) is 3. The first kappa shape index (κ1) is 32.3. The maximum atomic E-state index is 16.3. The molecule has 48 heavy (non-hydrogen) atoms. The lowest BCUT2D eigenvalue weighted by atomic mass is 9.93. The maximum absolute atomic E-state index is 16.3. The Kier molecular flexibility index (Phi) is 8.75. The molecule has 13 heteroatoms. The van der Waals surface area contributed by atoms with Crippen LogP contribution >= 0.6 is 0 Å². The Balaban J connectivity index is 1.14. The van der Waals surface area contributed by atoms with Crippen LogP contribution in [-0.2, 0) is 11.2 Å². The van der Waals surface area contributed by atoms with Crippen LogP contribution in [0.5, 0.6) is 6.01 Å². The molecule has 3 saturated heterocycles. The molecule has 3 fully saturated rings. The Bertz CT molecular complexity index is 1920. The fourth-order valence-corrected chi connectivity index (χ4v) is 7.68. The molecule has 0 saturated carbocycles. The van der Waals surface area contributed by atoms with Crippen LogP contribution in [0.3, 0.4) is 0 Å². The molecule has 5 heterocycles. The van der Waals surface area contributed by atoms with Crippen molar-refractivity contribution in [2.24, 2.45) is 0 Å². The number of alkyl halides is 1. The summed E-state index contributed by atoms with van der Waals surface area (Å²) in [6.07, 6.45) is 4.16. The van der Waals surface area contributed by atoms with Crippen LogP contribution in [0.4, 0.5) is 18.0 Å². The van der Waals surface area contributed by atoms with Crippen molar-refractivity contribution >= 4 is 27.8 Å². The number of rotatable bonds is 9. The second kappa shape index (κ2) is 13.0. The average molecular weight is 665 g/mol. The predicted molar refractivity (Wildman–Crippen MR) is 175 cm³/mol. The van der Waals surface area contributed by atoms with Gasteiger partial charge in [0.05, 0.1) is 23.1 Å². The zero-order chi connectivity index (χ0) is 33.5. The molecule has 254 valence electrons. The van der Waals surface area contributed by atoms with Crippen LogP contribution in [0.25, 0.3) is 32.9 Å². The number of amides is 1. The number of carbonyl (C=O) groups is 1. The van der Waals surface area contributed by atoms with Crippen LogP contribution in [-0.4, -0.2) is 82.6 Å². The smallest absolute Gasteiger partial charge is 0.407 e. The number of pyridine rings is 1. The van der Waals surface area contributed by atoms with Crippen LogP contribution in [0, 0.1) is 11.6 Å². The largest absolute Gasteiger partial charge is 0.463 e. The predicted octanol–water partition coefficient (Wildman–Crippen LogP) is 5.17. The van der Waals surface area contributed by atoms with Crippen molar-refractivity contribution in [2.45, 2.75) is 69.1 Å². The van der Waals surface area contributed by atoms with E-state index < -0.39 is 35.0 Å². The highest BCUT2D eigenvalue weighted by atomic mass is 19.1. The van der Waals surface area contributed by atoms with Gasteiger partial charge in [0.25, 0.3) is 11.6 Å². The number of hydrogen-bond acceptors (Lipinski definition) is 8. The molecule has 0 spiro atoms. The van der Waals surface area contributed by atoms with Gasteiger partial charge in [0.15, 0.2) is 5.82 Å². The Hall–Kier alpha value is -4.23. The van der Waals surface area contributed by atoms with E-state index in [0.29, 0.717) is 47.8 Å². The van der Waals surface area contributed by atoms with Crippen LogP contribution in [0.2, 0.25) is 0 Å². The Morgan fingerprint density at radius 2 is 2.06 bits per heavy atom. The van der Waals surface area contributed by atoms with Gasteiger partial charge in [-0.05, 0) is 80.9 Å². The first-order valence-corrected chi connectivity index (χ1v) is 16.6. The van der Waals surface area contributed by atoms with Gasteiger partial charge in [-0.15, -0.1) is 0 Å². The highest BCUT2D eigenvalue weighted by Gasteiger charge is 2.49. The van der Waals surface area contributed by atoms with Gasteiger partial charge in [-0.25, -0.2) is 18.0 Å². The number of fused-ring (bicyclic) bond motifs is 3. The zero-order valence-corrected chi connectivity index (χ0v) is 26.8. The number of aromatic nitrogens is 3. The van der Waals surface area contributed by atoms with E-state index in [1.165, 1.54) is 12.3 Å². The van der Waals surface area contributed by atoms with Crippen molar-refractivity contribution in [1.82, 2.24) is 30.5 Å². The number of aromatic amines is 1. The van der Waals surface area contributed by atoms with Crippen molar-refractivity contribution in [1.29, 1.82) is 0 Å². The lowest BCUT2D eigenvalue weighted by Gasteiger charge is -2.34. The van der Waals surface area contributed by atoms with E-state index in [0.717, 1.165) is 38.8 Å². The first-order valence-electron chi connectivity index (χ1n) is 16.6. The zero-order valence-electron chi connectivity index (χ0n) is 26.8. The number of alkyl carbamates (subject to hydrolysis) is 1. The standard InChI is InChI=1S/C35H39F3N6O4/c1-34(11-4-13-39-19-34)43-33(46)47-15-3-8-23-26(37)10-9-21-6-2-7-24(27(21)23)29-28(38)30-25(17-40-29)31(45)42-32(41-30)48-20-35-12-5-14-44(35)18-22(36)16-35/h2,6-7,9-10,17,22,39H,3-5,8,11-16,18-20H2,1H3,(H,43,46)(H,41,42,45)/t22-,34-,35+/m1/s1. The summed E-state index contributed by atoms with van der Waals surface area (Å²) in [6, 6.07) is 8.00. The van der Waals surface area contributed by atoms with E-state index in [1.807, 2.05) is 6.92 Å². The molecule has 10 nitrogen and oxygen atoms in total. The average Bonchev–Trinajstić information content (AvgIpc) is 3.59. The fourth-order valence-electron chi connectivity index (χ4n) is 7.68. The van der Waals surface area contributed by atoms with Crippen molar-refractivity contribution in [3.63, 3.8) is 0 Å². The minimum Gasteiger partial charge on any atom is -0.463 e. The summed E-state index contributed by atoms with van der Waals surface area (Å²) < 4.78 is 57.3. The Labute approximate surface area is 275 Å². The highest BCUT2D eigenvalue weighted by Crippen LogP contribution is 2.40. The first-order chi connectivity index (χ1) is 23.1. The minimum absolute atomic E-state index is 0.0612. The molecule has 0 aliphatic carbocycles. The minimum atomic E-state index is -0.946. The summed E-state index contributed by atoms with van der Waals surface area (Å²) in [4.78, 5) is 38.7. The summed E-state index contributed by atoms with van der Waals surface area (Å²) in [5.41, 5.74) is -1.13. The number of aryl methyl sites for hydroxylation is 1. The summed E-state index contributed by atoms with van der Waals surface area (Å²) in [5.74, 6) is -1.32. The van der Waals surface area contributed by atoms with Gasteiger partial charge in [-0.3, -0.25) is 19.7 Å². The molecule has 2 aromatic heterocycles. The van der Waals surface area contributed by atoms with Crippen molar-refractivity contribution in [2.75, 3.05) is 39.4 Å². The fraction of sp³-hybridized carbons (Fsp3) is 0.486. The Morgan fingerprint density at radius 1 is 1.19 bits per heavy atom. The quantitative estimate of drug-likeness (QED) is 0.210. The monoisotopic (exact) mass is 664 g/mol. The van der Waals surface area contributed by atoms with Crippen molar-refractivity contribution in [3.05, 3.63) is 64.1 Å². The number of piperidine rings is 1. The molecular weight excluding hydrogens is 625 g/mol. The van der Waals surface area contributed by atoms with Crippen LogP contribution in [0.15, 0.2) is 41.3 Å². The number of H-pyrrole nitrogens is 1. The van der Waals surface area contributed by atoms with E-state index in [1.54, 1.807) is 24.3 Å². The molecular formula is C35H39F3N6O4. The number of carbonyl (C=O) groups excluding carboxylic acids is 1. The topological polar surface area (TPSA) is 121 Å². The molecule has 0 bridgehead atoms. The summed E-state index contributed by atoms with van der Waals surface area (Å²) >= 11 is 0. The van der Waals surface area contributed by atoms with E-state index in [2.05, 4.69) is 30.5 Å². The van der Waals surface area contributed by atoms with Gasteiger partial charge >= 0.3 is 6.09 Å². The molecule has 0 radical (unpaired) electrons. The number of halogens is 3. The van der Waals surface area contributed by atoms with Gasteiger partial charge in [0, 0.05) is 31.3 Å². The lowest BCUT2D eigenvalue weighted by Crippen LogP contribution is -2.55. The number of benzene rings is 2. The van der Waals surface area contributed by atoms with E-state index in [-0.39, 0.29) is 47.8 Å². The van der Waals surface area contributed by atoms with Crippen LogP contribution < -0.4 is 20.9 Å². The normalized spacial score (nSPS) is 24.2. The third-order valence-corrected chi connectivity index (χ3v) is 10.1. The second-order valence-corrected chi connectivity index (χ2v) is 13.6. The third kappa shape index (κ3) is 6.21. The Morgan fingerprint density at radius 3 is 2.90 bits per heavy atom. The summed E-state index contributed by atoms with van der Waals surface area (Å²) in [6.45, 7) is 4.85. The van der Waals surface area contributed by atoms with Gasteiger partial charge in [-0.1, -0.05) is 24.3 Å². The number of nitrogens with zero attached hydrogens (tertiary/aromatic N) is 3. The molecule has 2 aromatic carbocycles. The molecule has 1 amide bonds. The molecule has 3 atom stereocenters. The van der Waals surface area contributed by atoms with Gasteiger partial charge in [-0.2, -0.15) is 4.98 Å². The van der Waals surface area contributed by atoms with E-state index in [9.17, 15) is 14.0 Å². The van der Waals surface area contributed by atoms with Crippen molar-refractivity contribution in [3.8, 4) is 17.3 Å². The molecule has 3 aliphatic rings. The van der Waals surface area contributed by atoms with E-state index in [4.69, 9.17) is 9.47 Å². The SMILES string of the molecule is C[C@@]1(NC(=O)OCCCc2c(F)ccc3cccc(-c4ncc5c(=O)[nH]c(OC[C@@]67CCCN6C[C@H](F)C7)nc5c4F)c23)CCCNC1. The van der Waals surface area contributed by atoms with Gasteiger partial charge in [0.2, 0.25) is 0 Å². The van der Waals surface area contributed by atoms with Crippen molar-refractivity contribution < 1.29 is 27.4 Å². The maximum Gasteiger partial charge on any atom is 0.407 e. The molecule has 4 aromatic rings. The molecule has 3 N–H and O–H groups in total. The molecule has 0 unspecified atom stereocenters. The summed E-state index contributed by atoms with van der Waals surface area (Å²) in [5, 5.41) is 7.28. The highest BCUT2D eigenvalue weighted by molar-refractivity contribution is 5.99. The molecule has 3 aliphatic heterocycles. The number of hydrogen-bond donors (Lipinski definition) is 3. The number of ether oxygens (including phenoxy) is 2. The summed E-state index contributed by atoms with van der Waals surface area (Å²) in [7, 11) is 0. The molecule has 7 rings (SSSR count). The van der Waals surface area contributed by atoms with E-state index >= 15 is 8.78 Å². The van der Waals surface area contributed by atoms with Gasteiger partial charge < -0.3 is 20.1 Å². The third-order valence-electron chi connectivity index (χ3n) is 10.1. The second-order valence-electron chi connectivity index (χ2n) is 13.6. The van der Waals surface area contributed by atoms with Gasteiger partial charge in [0.1, 0.15) is 29.8 Å². The van der Waals surface area contributed by atoms with Crippen LogP contribution in [0.1, 0.15) is 51.0 Å². The lowest BCUT2D eigenvalue weighted by molar-refractivity contribution is 0.107.